The molecule has 1 saturated heterocycles. The topological polar surface area (TPSA) is 56.0 Å². The largest absolute Gasteiger partial charge is 0.348 e. The molecule has 0 bridgehead atoms. The molecule has 0 unspecified atom stereocenters. The first-order valence-corrected chi connectivity index (χ1v) is 11.1. The molecule has 1 aliphatic heterocycles. The first-order valence-electron chi connectivity index (χ1n) is 10.1. The Balaban J connectivity index is 1.49. The number of aromatic nitrogens is 4. The van der Waals surface area contributed by atoms with Crippen molar-refractivity contribution in [3.8, 4) is 0 Å². The molecule has 27 heavy (non-hydrogen) atoms. The molecule has 2 fully saturated rings. The van der Waals surface area contributed by atoms with Gasteiger partial charge in [-0.3, -0.25) is 9.36 Å². The second kappa shape index (κ2) is 7.70. The second-order valence-electron chi connectivity index (χ2n) is 7.73. The molecule has 1 aliphatic carbocycles. The normalized spacial score (nSPS) is 17.1. The maximum Gasteiger partial charge on any atom is 0.228 e. The van der Waals surface area contributed by atoms with E-state index >= 15 is 0 Å². The van der Waals surface area contributed by atoms with Gasteiger partial charge in [-0.1, -0.05) is 18.7 Å². The minimum Gasteiger partial charge on any atom is -0.348 e. The third-order valence-electron chi connectivity index (χ3n) is 5.60. The Kier molecular flexibility index (Phi) is 5.30. The highest BCUT2D eigenvalue weighted by Crippen LogP contribution is 2.41. The van der Waals surface area contributed by atoms with Crippen LogP contribution in [0.4, 0.5) is 5.95 Å². The Morgan fingerprint density at radius 1 is 1.22 bits per heavy atom. The molecule has 2 aliphatic rings. The Labute approximate surface area is 165 Å². The molecule has 0 amide bonds. The van der Waals surface area contributed by atoms with E-state index < -0.39 is 0 Å². The number of thioether (sulfide) groups is 1. The van der Waals surface area contributed by atoms with Crippen LogP contribution in [0.3, 0.4) is 0 Å². The monoisotopic (exact) mass is 387 g/mol. The summed E-state index contributed by atoms with van der Waals surface area (Å²) in [5, 5.41) is 9.81. The summed E-state index contributed by atoms with van der Waals surface area (Å²) < 4.78 is 4.53. The Morgan fingerprint density at radius 2 is 1.96 bits per heavy atom. The van der Waals surface area contributed by atoms with E-state index in [1.807, 2.05) is 6.07 Å². The molecule has 6 nitrogen and oxygen atoms in total. The lowest BCUT2D eigenvalue weighted by molar-refractivity contribution is 0.102. The van der Waals surface area contributed by atoms with Crippen molar-refractivity contribution in [2.75, 3.05) is 23.7 Å². The van der Waals surface area contributed by atoms with E-state index in [4.69, 9.17) is 0 Å². The molecule has 2 aromatic rings. The van der Waals surface area contributed by atoms with Gasteiger partial charge in [0.1, 0.15) is 0 Å². The fourth-order valence-corrected chi connectivity index (χ4v) is 4.90. The fourth-order valence-electron chi connectivity index (χ4n) is 4.01. The number of rotatable bonds is 8. The van der Waals surface area contributed by atoms with Crippen LogP contribution in [0.2, 0.25) is 0 Å². The van der Waals surface area contributed by atoms with E-state index in [0.717, 1.165) is 48.4 Å². The van der Waals surface area contributed by atoms with Crippen molar-refractivity contribution in [3.63, 3.8) is 0 Å². The summed E-state index contributed by atoms with van der Waals surface area (Å²) >= 11 is 1.54. The van der Waals surface area contributed by atoms with E-state index in [0.29, 0.717) is 11.8 Å². The fraction of sp³-hybridized carbons (Fsp3) is 0.650. The van der Waals surface area contributed by atoms with E-state index in [9.17, 15) is 4.79 Å². The quantitative estimate of drug-likeness (QED) is 0.506. The van der Waals surface area contributed by atoms with Crippen molar-refractivity contribution >= 4 is 23.5 Å². The van der Waals surface area contributed by atoms with Gasteiger partial charge in [0.15, 0.2) is 10.9 Å². The number of Topliss-reactive ketones (excluding diaryl/α,β-unsaturated/α-hetero) is 1. The average molecular weight is 388 g/mol. The summed E-state index contributed by atoms with van der Waals surface area (Å²) in [5.41, 5.74) is 3.10. The molecule has 0 radical (unpaired) electrons. The minimum atomic E-state index is 0.184. The average Bonchev–Trinajstić information content (AvgIpc) is 3.06. The summed E-state index contributed by atoms with van der Waals surface area (Å²) in [6, 6.07) is 2.55. The van der Waals surface area contributed by atoms with Gasteiger partial charge in [0, 0.05) is 42.6 Å². The maximum atomic E-state index is 12.9. The predicted molar refractivity (Wildman–Crippen MR) is 109 cm³/mol. The molecule has 0 atom stereocenters. The lowest BCUT2D eigenvalue weighted by Crippen LogP contribution is -2.22. The lowest BCUT2D eigenvalue weighted by Gasteiger charge is -2.17. The first-order chi connectivity index (χ1) is 13.1. The number of hydrogen-bond donors (Lipinski definition) is 0. The number of hydrogen-bond acceptors (Lipinski definition) is 5. The van der Waals surface area contributed by atoms with Gasteiger partial charge in [0.25, 0.3) is 0 Å². The Hall–Kier alpha value is -1.76. The van der Waals surface area contributed by atoms with Crippen LogP contribution in [0, 0.1) is 13.8 Å². The zero-order chi connectivity index (χ0) is 19.0. The van der Waals surface area contributed by atoms with E-state index in [2.05, 4.69) is 45.0 Å². The van der Waals surface area contributed by atoms with Gasteiger partial charge in [0.05, 0.1) is 5.75 Å². The number of ketones is 1. The molecule has 4 rings (SSSR count). The lowest BCUT2D eigenvalue weighted by atomic mass is 10.2. The summed E-state index contributed by atoms with van der Waals surface area (Å²) in [7, 11) is 0. The molecule has 2 aromatic heterocycles. The second-order valence-corrected chi connectivity index (χ2v) is 8.67. The van der Waals surface area contributed by atoms with Crippen molar-refractivity contribution < 1.29 is 4.79 Å². The van der Waals surface area contributed by atoms with Crippen molar-refractivity contribution in [2.24, 2.45) is 0 Å². The van der Waals surface area contributed by atoms with Crippen LogP contribution in [0.15, 0.2) is 11.2 Å². The molecular weight excluding hydrogens is 358 g/mol. The minimum absolute atomic E-state index is 0.184. The highest BCUT2D eigenvalue weighted by atomic mass is 32.2. The van der Waals surface area contributed by atoms with Crippen LogP contribution in [-0.2, 0) is 6.54 Å². The summed E-state index contributed by atoms with van der Waals surface area (Å²) in [6.45, 7) is 9.40. The van der Waals surface area contributed by atoms with Gasteiger partial charge >= 0.3 is 0 Å². The van der Waals surface area contributed by atoms with Gasteiger partial charge in [-0.15, -0.1) is 10.2 Å². The molecule has 146 valence electrons. The van der Waals surface area contributed by atoms with Crippen LogP contribution in [0.5, 0.6) is 0 Å². The summed E-state index contributed by atoms with van der Waals surface area (Å²) in [5.74, 6) is 1.61. The number of carbonyl (C=O) groups excluding carboxylic acids is 1. The molecule has 7 heteroatoms. The molecule has 1 saturated carbocycles. The van der Waals surface area contributed by atoms with Gasteiger partial charge in [-0.05, 0) is 52.0 Å². The molecule has 3 heterocycles. The summed E-state index contributed by atoms with van der Waals surface area (Å²) in [4.78, 5) is 15.2. The van der Waals surface area contributed by atoms with Crippen molar-refractivity contribution in [2.45, 2.75) is 70.6 Å². The van der Waals surface area contributed by atoms with Crippen LogP contribution < -0.4 is 4.90 Å². The smallest absolute Gasteiger partial charge is 0.228 e. The third-order valence-corrected chi connectivity index (χ3v) is 6.54. The van der Waals surface area contributed by atoms with Gasteiger partial charge in [0.2, 0.25) is 5.95 Å². The molecule has 0 spiro atoms. The zero-order valence-corrected chi connectivity index (χ0v) is 17.4. The van der Waals surface area contributed by atoms with Crippen molar-refractivity contribution in [3.05, 3.63) is 23.0 Å². The number of carbonyl (C=O) groups is 1. The van der Waals surface area contributed by atoms with Crippen LogP contribution in [-0.4, -0.2) is 44.0 Å². The zero-order valence-electron chi connectivity index (χ0n) is 16.6. The summed E-state index contributed by atoms with van der Waals surface area (Å²) in [6.07, 6.45) is 5.91. The van der Waals surface area contributed by atoms with E-state index in [-0.39, 0.29) is 5.78 Å². The third kappa shape index (κ3) is 3.66. The highest BCUT2D eigenvalue weighted by Gasteiger charge is 2.32. The SMILES string of the molecule is CCCn1c(C)cc(C(=O)CSc2nnc(N3CCCC3)n2C2CC2)c1C. The maximum absolute atomic E-state index is 12.9. The first kappa shape index (κ1) is 18.6. The van der Waals surface area contributed by atoms with Crippen molar-refractivity contribution in [1.29, 1.82) is 0 Å². The molecule has 0 N–H and O–H groups in total. The van der Waals surface area contributed by atoms with E-state index in [1.165, 1.54) is 43.1 Å². The number of aryl methyl sites for hydroxylation is 1. The van der Waals surface area contributed by atoms with Gasteiger partial charge < -0.3 is 9.47 Å². The Bertz CT molecular complexity index is 830. The molecular formula is C20H29N5OS. The van der Waals surface area contributed by atoms with Crippen LogP contribution in [0.1, 0.15) is 66.8 Å². The number of anilines is 1. The van der Waals surface area contributed by atoms with Crippen LogP contribution in [0.25, 0.3) is 0 Å². The number of nitrogens with zero attached hydrogens (tertiary/aromatic N) is 5. The molecule has 0 aromatic carbocycles. The predicted octanol–water partition coefficient (Wildman–Crippen LogP) is 4.02. The van der Waals surface area contributed by atoms with Gasteiger partial charge in [-0.25, -0.2) is 0 Å². The van der Waals surface area contributed by atoms with Gasteiger partial charge in [-0.2, -0.15) is 0 Å². The van der Waals surface area contributed by atoms with Crippen molar-refractivity contribution in [1.82, 2.24) is 19.3 Å². The highest BCUT2D eigenvalue weighted by molar-refractivity contribution is 7.99. The van der Waals surface area contributed by atoms with Crippen LogP contribution >= 0.6 is 11.8 Å². The standard InChI is InChI=1S/C20H29N5OS/c1-4-9-24-14(2)12-17(15(24)3)18(26)13-27-20-22-21-19(23-10-5-6-11-23)25(20)16-7-8-16/h12,16H,4-11,13H2,1-3H3. The van der Waals surface area contributed by atoms with E-state index in [1.54, 1.807) is 0 Å². The Morgan fingerprint density at radius 3 is 2.63 bits per heavy atom.